The monoisotopic (exact) mass is 499 g/mol. The van der Waals surface area contributed by atoms with Gasteiger partial charge in [-0.05, 0) is 74.1 Å². The van der Waals surface area contributed by atoms with Crippen LogP contribution >= 0.6 is 0 Å². The molecule has 2 N–H and O–H groups in total. The maximum Gasteiger partial charge on any atom is 0.267 e. The molecule has 1 amide bonds. The van der Waals surface area contributed by atoms with Gasteiger partial charge in [-0.1, -0.05) is 18.9 Å². The van der Waals surface area contributed by atoms with Crippen molar-refractivity contribution in [3.05, 3.63) is 81.5 Å². The van der Waals surface area contributed by atoms with E-state index in [1.807, 2.05) is 31.2 Å². The highest BCUT2D eigenvalue weighted by molar-refractivity contribution is 5.94. The third kappa shape index (κ3) is 5.02. The first-order valence-corrected chi connectivity index (χ1v) is 13.1. The Kier molecular flexibility index (Phi) is 7.09. The fraction of sp³-hybridized carbons (Fsp3) is 0.448. The summed E-state index contributed by atoms with van der Waals surface area (Å²) >= 11 is 0. The van der Waals surface area contributed by atoms with Crippen LogP contribution in [0, 0.1) is 18.3 Å². The van der Waals surface area contributed by atoms with Crippen molar-refractivity contribution in [2.45, 2.75) is 69.6 Å². The summed E-state index contributed by atoms with van der Waals surface area (Å²) in [6.45, 7) is 3.98. The average molecular weight is 500 g/mol. The van der Waals surface area contributed by atoms with E-state index in [9.17, 15) is 20.0 Å². The van der Waals surface area contributed by atoms with Crippen molar-refractivity contribution in [1.82, 2.24) is 19.6 Å². The summed E-state index contributed by atoms with van der Waals surface area (Å²) in [5.74, 6) is -0.442. The van der Waals surface area contributed by atoms with E-state index in [1.54, 1.807) is 24.5 Å². The lowest BCUT2D eigenvalue weighted by Crippen LogP contribution is -2.46. The lowest BCUT2D eigenvalue weighted by atomic mass is 9.76. The predicted molar refractivity (Wildman–Crippen MR) is 140 cm³/mol. The molecule has 0 aromatic carbocycles. The maximum atomic E-state index is 13.2. The van der Waals surface area contributed by atoms with Gasteiger partial charge in [-0.2, -0.15) is 5.26 Å². The number of nitrogens with one attached hydrogen (secondary N) is 1. The summed E-state index contributed by atoms with van der Waals surface area (Å²) < 4.78 is 1.53. The summed E-state index contributed by atoms with van der Waals surface area (Å²) in [5, 5.41) is 23.3. The number of amides is 1. The number of carbonyl (C=O) groups excluding carboxylic acids is 1. The summed E-state index contributed by atoms with van der Waals surface area (Å²) in [6.07, 6.45) is 7.45. The van der Waals surface area contributed by atoms with Crippen LogP contribution in [0.15, 0.2) is 53.6 Å². The van der Waals surface area contributed by atoms with Crippen LogP contribution in [-0.4, -0.2) is 50.5 Å². The van der Waals surface area contributed by atoms with Gasteiger partial charge in [0.25, 0.3) is 11.5 Å². The minimum Gasteiger partial charge on any atom is -0.391 e. The topological polar surface area (TPSA) is 111 Å². The Balaban J connectivity index is 1.39. The van der Waals surface area contributed by atoms with Gasteiger partial charge in [-0.15, -0.1) is 0 Å². The number of likely N-dealkylation sites (tertiary alicyclic amines) is 1. The van der Waals surface area contributed by atoms with E-state index in [0.717, 1.165) is 35.2 Å². The fourth-order valence-corrected chi connectivity index (χ4v) is 5.69. The van der Waals surface area contributed by atoms with Gasteiger partial charge >= 0.3 is 0 Å². The van der Waals surface area contributed by atoms with E-state index in [2.05, 4.69) is 21.3 Å². The highest BCUT2D eigenvalue weighted by atomic mass is 16.3. The van der Waals surface area contributed by atoms with Gasteiger partial charge < -0.3 is 10.4 Å². The molecule has 2 fully saturated rings. The second-order valence-electron chi connectivity index (χ2n) is 10.5. The number of nitriles is 1. The Labute approximate surface area is 216 Å². The molecule has 1 saturated heterocycles. The molecule has 0 radical (unpaired) electrons. The normalized spacial score (nSPS) is 21.9. The SMILES string of the molecule is Cc1ccnc(C2(C#N)CCN(Cc3cc(C(=O)N[C@H]4CCCC[C@@H]4O)c(=O)n4ccccc34)CC2)c1. The number of nitrogens with zero attached hydrogens (tertiary/aromatic N) is 4. The molecule has 3 aromatic heterocycles. The van der Waals surface area contributed by atoms with Gasteiger partial charge in [0.05, 0.1) is 29.4 Å². The molecular formula is C29H33N5O3. The van der Waals surface area contributed by atoms with Gasteiger partial charge in [0.1, 0.15) is 11.0 Å². The lowest BCUT2D eigenvalue weighted by molar-refractivity contribution is 0.0716. The Bertz CT molecular complexity index is 1400. The maximum absolute atomic E-state index is 13.2. The minimum absolute atomic E-state index is 0.0869. The number of aliphatic hydroxyl groups excluding tert-OH is 1. The summed E-state index contributed by atoms with van der Waals surface area (Å²) in [5.41, 5.74) is 2.68. The van der Waals surface area contributed by atoms with E-state index >= 15 is 0 Å². The minimum atomic E-state index is -0.607. The van der Waals surface area contributed by atoms with E-state index in [0.29, 0.717) is 45.3 Å². The third-order valence-electron chi connectivity index (χ3n) is 7.97. The van der Waals surface area contributed by atoms with Crippen molar-refractivity contribution >= 4 is 11.4 Å². The molecule has 2 atom stereocenters. The van der Waals surface area contributed by atoms with Crippen molar-refractivity contribution in [3.63, 3.8) is 0 Å². The number of aliphatic hydroxyl groups is 1. The van der Waals surface area contributed by atoms with Gasteiger partial charge in [0, 0.05) is 32.0 Å². The van der Waals surface area contributed by atoms with Crippen LogP contribution in [0.3, 0.4) is 0 Å². The van der Waals surface area contributed by atoms with Gasteiger partial charge in [0.2, 0.25) is 0 Å². The van der Waals surface area contributed by atoms with E-state index in [4.69, 9.17) is 0 Å². The number of pyridine rings is 3. The van der Waals surface area contributed by atoms with Crippen LogP contribution in [-0.2, 0) is 12.0 Å². The molecular weight excluding hydrogens is 466 g/mol. The van der Waals surface area contributed by atoms with Crippen molar-refractivity contribution < 1.29 is 9.90 Å². The first-order chi connectivity index (χ1) is 17.9. The van der Waals surface area contributed by atoms with Crippen LogP contribution in [0.5, 0.6) is 0 Å². The zero-order valence-corrected chi connectivity index (χ0v) is 21.2. The first kappa shape index (κ1) is 25.1. The molecule has 0 unspecified atom stereocenters. The van der Waals surface area contributed by atoms with Crippen molar-refractivity contribution in [2.24, 2.45) is 0 Å². The Morgan fingerprint density at radius 1 is 1.22 bits per heavy atom. The number of hydrogen-bond acceptors (Lipinski definition) is 6. The molecule has 1 saturated carbocycles. The molecule has 1 aliphatic heterocycles. The summed E-state index contributed by atoms with van der Waals surface area (Å²) in [7, 11) is 0. The smallest absolute Gasteiger partial charge is 0.267 e. The largest absolute Gasteiger partial charge is 0.391 e. The molecule has 4 heterocycles. The standard InChI is InChI=1S/C29H33N5O3/c1-20-9-12-31-26(16-20)29(19-30)10-14-33(15-11-29)18-21-17-22(28(37)34-13-5-4-7-24(21)34)27(36)32-23-6-2-3-8-25(23)35/h4-5,7,9,12-13,16-17,23,25,35H,2-3,6,8,10-11,14-15,18H2,1H3,(H,32,36)/t23-,25-/m0/s1. The summed E-state index contributed by atoms with van der Waals surface area (Å²) in [4.78, 5) is 33.2. The number of rotatable bonds is 5. The summed E-state index contributed by atoms with van der Waals surface area (Å²) in [6, 6.07) is 13.4. The molecule has 3 aromatic rings. The molecule has 1 aliphatic carbocycles. The quantitative estimate of drug-likeness (QED) is 0.558. The number of carbonyl (C=O) groups is 1. The van der Waals surface area contributed by atoms with Crippen LogP contribution < -0.4 is 10.9 Å². The Morgan fingerprint density at radius 3 is 2.73 bits per heavy atom. The lowest BCUT2D eigenvalue weighted by Gasteiger charge is -2.37. The van der Waals surface area contributed by atoms with Gasteiger partial charge in [0.15, 0.2) is 0 Å². The molecule has 8 heteroatoms. The third-order valence-corrected chi connectivity index (χ3v) is 7.97. The van der Waals surface area contributed by atoms with Gasteiger partial charge in [-0.25, -0.2) is 0 Å². The fourth-order valence-electron chi connectivity index (χ4n) is 5.69. The molecule has 2 aliphatic rings. The Morgan fingerprint density at radius 2 is 2.00 bits per heavy atom. The second kappa shape index (κ2) is 10.4. The van der Waals surface area contributed by atoms with Crippen molar-refractivity contribution in [1.29, 1.82) is 5.26 Å². The number of fused-ring (bicyclic) bond motifs is 1. The van der Waals surface area contributed by atoms with Gasteiger partial charge in [-0.3, -0.25) is 23.9 Å². The molecule has 192 valence electrons. The number of aryl methyl sites for hydroxylation is 1. The first-order valence-electron chi connectivity index (χ1n) is 13.1. The molecule has 5 rings (SSSR count). The number of piperidine rings is 1. The molecule has 0 spiro atoms. The Hall–Kier alpha value is -3.54. The van der Waals surface area contributed by atoms with Crippen molar-refractivity contribution in [2.75, 3.05) is 13.1 Å². The van der Waals surface area contributed by atoms with Crippen LogP contribution in [0.25, 0.3) is 5.52 Å². The van der Waals surface area contributed by atoms with Crippen LogP contribution in [0.1, 0.15) is 65.7 Å². The van der Waals surface area contributed by atoms with Crippen LogP contribution in [0.4, 0.5) is 0 Å². The highest BCUT2D eigenvalue weighted by Gasteiger charge is 2.38. The molecule has 8 nitrogen and oxygen atoms in total. The molecule has 0 bridgehead atoms. The zero-order chi connectivity index (χ0) is 26.0. The van der Waals surface area contributed by atoms with E-state index < -0.39 is 17.4 Å². The van der Waals surface area contributed by atoms with E-state index in [1.165, 1.54) is 4.40 Å². The van der Waals surface area contributed by atoms with Crippen LogP contribution in [0.2, 0.25) is 0 Å². The predicted octanol–water partition coefficient (Wildman–Crippen LogP) is 3.09. The van der Waals surface area contributed by atoms with Crippen molar-refractivity contribution in [3.8, 4) is 6.07 Å². The molecule has 37 heavy (non-hydrogen) atoms. The number of hydrogen-bond donors (Lipinski definition) is 2. The zero-order valence-electron chi connectivity index (χ0n) is 21.2. The second-order valence-corrected chi connectivity index (χ2v) is 10.5. The number of aromatic nitrogens is 2. The van der Waals surface area contributed by atoms with E-state index in [-0.39, 0.29) is 17.2 Å². The highest BCUT2D eigenvalue weighted by Crippen LogP contribution is 2.34. The average Bonchev–Trinajstić information content (AvgIpc) is 2.92.